The van der Waals surface area contributed by atoms with Gasteiger partial charge in [0.1, 0.15) is 5.75 Å². The van der Waals surface area contributed by atoms with Crippen LogP contribution in [0.25, 0.3) is 0 Å². The zero-order chi connectivity index (χ0) is 9.68. The number of aryl methyl sites for hydroxylation is 1. The molecule has 0 unspecified atom stereocenters. The van der Waals surface area contributed by atoms with Gasteiger partial charge in [-0.25, -0.2) is 0 Å². The lowest BCUT2D eigenvalue weighted by Crippen LogP contribution is -1.92. The Morgan fingerprint density at radius 1 is 1.54 bits per heavy atom. The molecule has 0 aliphatic heterocycles. The summed E-state index contributed by atoms with van der Waals surface area (Å²) in [5.41, 5.74) is 1.07. The van der Waals surface area contributed by atoms with Gasteiger partial charge in [0.25, 0.3) is 0 Å². The molecule has 1 aromatic carbocycles. The van der Waals surface area contributed by atoms with E-state index in [4.69, 9.17) is 10.00 Å². The lowest BCUT2D eigenvalue weighted by Gasteiger charge is -2.08. The zero-order valence-electron chi connectivity index (χ0n) is 7.38. The number of ether oxygens (including phenoxy) is 1. The van der Waals surface area contributed by atoms with Crippen LogP contribution in [0.2, 0.25) is 0 Å². The predicted molar refractivity (Wildman–Crippen MR) is 54.6 cm³/mol. The van der Waals surface area contributed by atoms with Crippen LogP contribution in [0, 0.1) is 11.3 Å². The maximum atomic E-state index is 8.46. The van der Waals surface area contributed by atoms with E-state index < -0.39 is 0 Å². The van der Waals surface area contributed by atoms with E-state index in [0.29, 0.717) is 6.42 Å². The van der Waals surface area contributed by atoms with Crippen molar-refractivity contribution in [3.05, 3.63) is 28.2 Å². The molecule has 0 fully saturated rings. The summed E-state index contributed by atoms with van der Waals surface area (Å²) in [4.78, 5) is 0. The van der Waals surface area contributed by atoms with Gasteiger partial charge in [-0.05, 0) is 34.0 Å². The van der Waals surface area contributed by atoms with E-state index >= 15 is 0 Å². The third-order valence-electron chi connectivity index (χ3n) is 1.76. The molecule has 13 heavy (non-hydrogen) atoms. The first-order valence-electron chi connectivity index (χ1n) is 3.98. The highest BCUT2D eigenvalue weighted by Gasteiger charge is 2.05. The molecule has 0 heterocycles. The number of hydrogen-bond acceptors (Lipinski definition) is 2. The van der Waals surface area contributed by atoms with Gasteiger partial charge in [-0.3, -0.25) is 0 Å². The van der Waals surface area contributed by atoms with E-state index in [1.54, 1.807) is 7.11 Å². The van der Waals surface area contributed by atoms with Gasteiger partial charge in [0.05, 0.1) is 17.7 Å². The second-order valence-corrected chi connectivity index (χ2v) is 3.44. The number of halogens is 1. The van der Waals surface area contributed by atoms with E-state index in [1.807, 2.05) is 18.2 Å². The van der Waals surface area contributed by atoms with Crippen molar-refractivity contribution in [1.82, 2.24) is 0 Å². The van der Waals surface area contributed by atoms with E-state index in [9.17, 15) is 0 Å². The van der Waals surface area contributed by atoms with Crippen LogP contribution in [-0.2, 0) is 6.42 Å². The van der Waals surface area contributed by atoms with Gasteiger partial charge in [0.15, 0.2) is 0 Å². The van der Waals surface area contributed by atoms with Crippen molar-refractivity contribution in [2.75, 3.05) is 7.11 Å². The smallest absolute Gasteiger partial charge is 0.136 e. The highest BCUT2D eigenvalue weighted by molar-refractivity contribution is 9.10. The molecule has 0 spiro atoms. The standard InChI is InChI=1S/C10H10BrNO/c1-13-10-8(5-3-7-12)4-2-6-9(10)11/h2,4,6H,3,5H2,1H3. The first-order chi connectivity index (χ1) is 6.29. The topological polar surface area (TPSA) is 33.0 Å². The van der Waals surface area contributed by atoms with Crippen molar-refractivity contribution in [1.29, 1.82) is 5.26 Å². The number of nitriles is 1. The summed E-state index contributed by atoms with van der Waals surface area (Å²) in [6, 6.07) is 7.96. The lowest BCUT2D eigenvalue weighted by atomic mass is 10.1. The van der Waals surface area contributed by atoms with Gasteiger partial charge >= 0.3 is 0 Å². The third-order valence-corrected chi connectivity index (χ3v) is 2.38. The molecule has 3 heteroatoms. The molecule has 0 N–H and O–H groups in total. The highest BCUT2D eigenvalue weighted by Crippen LogP contribution is 2.29. The Morgan fingerprint density at radius 3 is 2.92 bits per heavy atom. The second-order valence-electron chi connectivity index (χ2n) is 2.59. The van der Waals surface area contributed by atoms with Crippen LogP contribution in [-0.4, -0.2) is 7.11 Å². The Labute approximate surface area is 86.3 Å². The van der Waals surface area contributed by atoms with Crippen LogP contribution >= 0.6 is 15.9 Å². The van der Waals surface area contributed by atoms with Crippen molar-refractivity contribution < 1.29 is 4.74 Å². The SMILES string of the molecule is COc1c(Br)cccc1CCC#N. The van der Waals surface area contributed by atoms with Crippen molar-refractivity contribution in [3.8, 4) is 11.8 Å². The quantitative estimate of drug-likeness (QED) is 0.813. The predicted octanol–water partition coefficient (Wildman–Crippen LogP) is 2.91. The Morgan fingerprint density at radius 2 is 2.31 bits per heavy atom. The van der Waals surface area contributed by atoms with Crippen LogP contribution in [0.4, 0.5) is 0 Å². The van der Waals surface area contributed by atoms with Crippen molar-refractivity contribution in [2.45, 2.75) is 12.8 Å². The average molecular weight is 240 g/mol. The average Bonchev–Trinajstić information content (AvgIpc) is 2.15. The van der Waals surface area contributed by atoms with Gasteiger partial charge in [0.2, 0.25) is 0 Å². The Hall–Kier alpha value is -1.01. The minimum atomic E-state index is 0.521. The summed E-state index contributed by atoms with van der Waals surface area (Å²) >= 11 is 3.39. The summed E-state index contributed by atoms with van der Waals surface area (Å²) in [6.45, 7) is 0. The number of rotatable bonds is 3. The third kappa shape index (κ3) is 2.46. The molecule has 0 saturated heterocycles. The molecule has 0 aliphatic rings. The van der Waals surface area contributed by atoms with Crippen LogP contribution < -0.4 is 4.74 Å². The fourth-order valence-corrected chi connectivity index (χ4v) is 1.74. The molecule has 1 rings (SSSR count). The van der Waals surface area contributed by atoms with E-state index in [1.165, 1.54) is 0 Å². The van der Waals surface area contributed by atoms with Gasteiger partial charge in [-0.1, -0.05) is 12.1 Å². The molecule has 2 nitrogen and oxygen atoms in total. The number of para-hydroxylation sites is 1. The van der Waals surface area contributed by atoms with Gasteiger partial charge in [-0.2, -0.15) is 5.26 Å². The van der Waals surface area contributed by atoms with Crippen LogP contribution in [0.3, 0.4) is 0 Å². The minimum absolute atomic E-state index is 0.521. The zero-order valence-corrected chi connectivity index (χ0v) is 8.97. The molecule has 0 amide bonds. The molecule has 0 atom stereocenters. The maximum absolute atomic E-state index is 8.46. The molecule has 0 radical (unpaired) electrons. The van der Waals surface area contributed by atoms with Gasteiger partial charge in [-0.15, -0.1) is 0 Å². The van der Waals surface area contributed by atoms with E-state index in [0.717, 1.165) is 22.2 Å². The maximum Gasteiger partial charge on any atom is 0.136 e. The van der Waals surface area contributed by atoms with Crippen molar-refractivity contribution >= 4 is 15.9 Å². The number of methoxy groups -OCH3 is 1. The molecule has 0 aliphatic carbocycles. The molecule has 0 saturated carbocycles. The van der Waals surface area contributed by atoms with Gasteiger partial charge in [0, 0.05) is 6.42 Å². The summed E-state index contributed by atoms with van der Waals surface area (Å²) < 4.78 is 6.15. The first kappa shape index (κ1) is 10.1. The van der Waals surface area contributed by atoms with Crippen LogP contribution in [0.1, 0.15) is 12.0 Å². The number of nitrogens with zero attached hydrogens (tertiary/aromatic N) is 1. The molecular formula is C10H10BrNO. The highest BCUT2D eigenvalue weighted by atomic mass is 79.9. The molecular weight excluding hydrogens is 230 g/mol. The molecule has 68 valence electrons. The van der Waals surface area contributed by atoms with Crippen molar-refractivity contribution in [3.63, 3.8) is 0 Å². The largest absolute Gasteiger partial charge is 0.495 e. The Balaban J connectivity index is 2.93. The Kier molecular flexibility index (Phi) is 3.78. The summed E-state index contributed by atoms with van der Waals surface area (Å²) in [5, 5.41) is 8.46. The normalized spacial score (nSPS) is 9.31. The first-order valence-corrected chi connectivity index (χ1v) is 4.77. The minimum Gasteiger partial charge on any atom is -0.495 e. The number of hydrogen-bond donors (Lipinski definition) is 0. The monoisotopic (exact) mass is 239 g/mol. The van der Waals surface area contributed by atoms with E-state index in [2.05, 4.69) is 22.0 Å². The Bertz CT molecular complexity index is 330. The molecule has 0 aromatic heterocycles. The summed E-state index contributed by atoms with van der Waals surface area (Å²) in [6.07, 6.45) is 1.26. The van der Waals surface area contributed by atoms with Crippen LogP contribution in [0.5, 0.6) is 5.75 Å². The van der Waals surface area contributed by atoms with Gasteiger partial charge < -0.3 is 4.74 Å². The molecule has 0 bridgehead atoms. The summed E-state index contributed by atoms with van der Waals surface area (Å²) in [5.74, 6) is 0.831. The van der Waals surface area contributed by atoms with Crippen LogP contribution in [0.15, 0.2) is 22.7 Å². The lowest BCUT2D eigenvalue weighted by molar-refractivity contribution is 0.407. The van der Waals surface area contributed by atoms with E-state index in [-0.39, 0.29) is 0 Å². The summed E-state index contributed by atoms with van der Waals surface area (Å²) in [7, 11) is 1.63. The fraction of sp³-hybridized carbons (Fsp3) is 0.300. The number of benzene rings is 1. The van der Waals surface area contributed by atoms with Crippen molar-refractivity contribution in [2.24, 2.45) is 0 Å². The molecule has 1 aromatic rings. The fourth-order valence-electron chi connectivity index (χ4n) is 1.17. The second kappa shape index (κ2) is 4.88.